The van der Waals surface area contributed by atoms with E-state index in [0.29, 0.717) is 18.0 Å². The lowest BCUT2D eigenvalue weighted by Crippen LogP contribution is -2.02. The molecule has 0 aliphatic carbocycles. The first-order chi connectivity index (χ1) is 9.60. The predicted octanol–water partition coefficient (Wildman–Crippen LogP) is 3.37. The highest BCUT2D eigenvalue weighted by molar-refractivity contribution is 9.10. The van der Waals surface area contributed by atoms with Gasteiger partial charge in [-0.25, -0.2) is 0 Å². The molecular weight excluding hydrogens is 326 g/mol. The van der Waals surface area contributed by atoms with Crippen molar-refractivity contribution in [1.29, 1.82) is 0 Å². The number of hydrogen-bond acceptors (Lipinski definition) is 5. The zero-order valence-electron chi connectivity index (χ0n) is 10.7. The number of methoxy groups -OCH3 is 1. The largest absolute Gasteiger partial charge is 0.495 e. The molecule has 0 unspecified atom stereocenters. The van der Waals surface area contributed by atoms with Crippen LogP contribution in [0.15, 0.2) is 41.1 Å². The molecule has 20 heavy (non-hydrogen) atoms. The fourth-order valence-corrected chi connectivity index (χ4v) is 2.11. The number of halogens is 1. The minimum atomic E-state index is -0.439. The van der Waals surface area contributed by atoms with E-state index in [0.717, 1.165) is 10.0 Å². The molecule has 0 spiro atoms. The topological polar surface area (TPSA) is 77.3 Å². The van der Waals surface area contributed by atoms with Gasteiger partial charge in [0.05, 0.1) is 17.7 Å². The van der Waals surface area contributed by atoms with Crippen LogP contribution in [0.3, 0.4) is 0 Å². The smallest absolute Gasteiger partial charge is 0.271 e. The minimum Gasteiger partial charge on any atom is -0.495 e. The van der Waals surface area contributed by atoms with Crippen molar-refractivity contribution in [1.82, 2.24) is 4.98 Å². The number of nitrogens with one attached hydrogen (secondary N) is 1. The van der Waals surface area contributed by atoms with Crippen molar-refractivity contribution in [2.24, 2.45) is 0 Å². The van der Waals surface area contributed by atoms with Crippen molar-refractivity contribution in [2.45, 2.75) is 6.54 Å². The molecule has 0 saturated heterocycles. The number of non-ortho nitro benzene ring substituents is 1. The maximum absolute atomic E-state index is 10.8. The third-order valence-corrected chi connectivity index (χ3v) is 3.07. The summed E-state index contributed by atoms with van der Waals surface area (Å²) in [6, 6.07) is 6.35. The predicted molar refractivity (Wildman–Crippen MR) is 78.9 cm³/mol. The van der Waals surface area contributed by atoms with Crippen LogP contribution in [0.2, 0.25) is 0 Å². The molecule has 2 aromatic rings. The fraction of sp³-hybridized carbons (Fsp3) is 0.154. The number of nitro benzene ring substituents is 1. The van der Waals surface area contributed by atoms with Gasteiger partial charge in [-0.15, -0.1) is 0 Å². The van der Waals surface area contributed by atoms with Crippen LogP contribution in [0.5, 0.6) is 5.75 Å². The molecule has 104 valence electrons. The van der Waals surface area contributed by atoms with Gasteiger partial charge in [-0.2, -0.15) is 0 Å². The van der Waals surface area contributed by atoms with E-state index in [1.54, 1.807) is 18.5 Å². The second-order valence-electron chi connectivity index (χ2n) is 4.01. The van der Waals surface area contributed by atoms with Gasteiger partial charge < -0.3 is 10.1 Å². The highest BCUT2D eigenvalue weighted by Crippen LogP contribution is 2.29. The number of anilines is 1. The third-order valence-electron chi connectivity index (χ3n) is 2.64. The summed E-state index contributed by atoms with van der Waals surface area (Å²) in [4.78, 5) is 14.4. The van der Waals surface area contributed by atoms with Crippen molar-refractivity contribution < 1.29 is 9.66 Å². The normalized spacial score (nSPS) is 10.1. The minimum absolute atomic E-state index is 0.0145. The molecule has 1 aromatic carbocycles. The van der Waals surface area contributed by atoms with E-state index in [1.165, 1.54) is 19.2 Å². The zero-order chi connectivity index (χ0) is 14.5. The maximum Gasteiger partial charge on any atom is 0.271 e. The first-order valence-electron chi connectivity index (χ1n) is 5.76. The molecule has 1 N–H and O–H groups in total. The fourth-order valence-electron chi connectivity index (χ4n) is 1.70. The number of benzene rings is 1. The molecule has 0 radical (unpaired) electrons. The summed E-state index contributed by atoms with van der Waals surface area (Å²) in [6.07, 6.45) is 3.42. The molecule has 0 saturated carbocycles. The third kappa shape index (κ3) is 3.45. The van der Waals surface area contributed by atoms with Crippen LogP contribution < -0.4 is 10.1 Å². The van der Waals surface area contributed by atoms with E-state index in [2.05, 4.69) is 26.2 Å². The lowest BCUT2D eigenvalue weighted by molar-refractivity contribution is -0.384. The molecular formula is C13H12BrN3O3. The Hall–Kier alpha value is -2.15. The molecule has 1 aromatic heterocycles. The van der Waals surface area contributed by atoms with Gasteiger partial charge in [0.15, 0.2) is 0 Å². The van der Waals surface area contributed by atoms with Gasteiger partial charge in [0.2, 0.25) is 0 Å². The van der Waals surface area contributed by atoms with Crippen LogP contribution >= 0.6 is 15.9 Å². The van der Waals surface area contributed by atoms with E-state index in [-0.39, 0.29) is 5.69 Å². The van der Waals surface area contributed by atoms with E-state index >= 15 is 0 Å². The molecule has 0 aliphatic heterocycles. The highest BCUT2D eigenvalue weighted by atomic mass is 79.9. The lowest BCUT2D eigenvalue weighted by Gasteiger charge is -2.11. The number of nitrogens with zero attached hydrogens (tertiary/aromatic N) is 2. The van der Waals surface area contributed by atoms with Crippen molar-refractivity contribution in [3.05, 3.63) is 56.8 Å². The quantitative estimate of drug-likeness (QED) is 0.668. The van der Waals surface area contributed by atoms with E-state index in [1.807, 2.05) is 6.07 Å². The molecule has 0 aliphatic rings. The van der Waals surface area contributed by atoms with Gasteiger partial charge in [0.25, 0.3) is 5.69 Å². The van der Waals surface area contributed by atoms with Crippen molar-refractivity contribution in [3.63, 3.8) is 0 Å². The molecule has 0 amide bonds. The molecule has 0 fully saturated rings. The second kappa shape index (κ2) is 6.33. The zero-order valence-corrected chi connectivity index (χ0v) is 12.3. The molecule has 6 nitrogen and oxygen atoms in total. The monoisotopic (exact) mass is 337 g/mol. The summed E-state index contributed by atoms with van der Waals surface area (Å²) in [7, 11) is 1.52. The van der Waals surface area contributed by atoms with Crippen LogP contribution in [0.4, 0.5) is 11.4 Å². The SMILES string of the molecule is COc1ccc([N+](=O)[O-])cc1NCc1cncc(Br)c1. The van der Waals surface area contributed by atoms with Gasteiger partial charge in [-0.3, -0.25) is 15.1 Å². The number of ether oxygens (including phenoxy) is 1. The Morgan fingerprint density at radius 2 is 2.20 bits per heavy atom. The van der Waals surface area contributed by atoms with Crippen molar-refractivity contribution in [2.75, 3.05) is 12.4 Å². The van der Waals surface area contributed by atoms with Crippen molar-refractivity contribution in [3.8, 4) is 5.75 Å². The van der Waals surface area contributed by atoms with Crippen LogP contribution in [0.1, 0.15) is 5.56 Å². The first-order valence-corrected chi connectivity index (χ1v) is 6.55. The lowest BCUT2D eigenvalue weighted by atomic mass is 10.2. The van der Waals surface area contributed by atoms with Crippen LogP contribution in [0.25, 0.3) is 0 Å². The molecule has 0 atom stereocenters. The Morgan fingerprint density at radius 1 is 1.40 bits per heavy atom. The number of nitro groups is 1. The molecule has 1 heterocycles. The summed E-state index contributed by atoms with van der Waals surface area (Å²) >= 11 is 3.34. The molecule has 2 rings (SSSR count). The summed E-state index contributed by atoms with van der Waals surface area (Å²) < 4.78 is 6.06. The molecule has 0 bridgehead atoms. The number of pyridine rings is 1. The summed E-state index contributed by atoms with van der Waals surface area (Å²) in [5.41, 5.74) is 1.54. The van der Waals surface area contributed by atoms with Crippen LogP contribution in [-0.4, -0.2) is 17.0 Å². The summed E-state index contributed by atoms with van der Waals surface area (Å²) in [5, 5.41) is 13.9. The Bertz CT molecular complexity index is 634. The number of rotatable bonds is 5. The van der Waals surface area contributed by atoms with Crippen LogP contribution in [0, 0.1) is 10.1 Å². The Morgan fingerprint density at radius 3 is 2.85 bits per heavy atom. The van der Waals surface area contributed by atoms with E-state index < -0.39 is 4.92 Å². The average molecular weight is 338 g/mol. The van der Waals surface area contributed by atoms with Gasteiger partial charge in [0.1, 0.15) is 5.75 Å². The van der Waals surface area contributed by atoms with E-state index in [9.17, 15) is 10.1 Å². The van der Waals surface area contributed by atoms with Gasteiger partial charge in [-0.05, 0) is 33.6 Å². The Kier molecular flexibility index (Phi) is 4.52. The number of aromatic nitrogens is 1. The second-order valence-corrected chi connectivity index (χ2v) is 4.92. The average Bonchev–Trinajstić information content (AvgIpc) is 2.44. The Balaban J connectivity index is 2.19. The van der Waals surface area contributed by atoms with Crippen LogP contribution in [-0.2, 0) is 6.54 Å². The summed E-state index contributed by atoms with van der Waals surface area (Å²) in [6.45, 7) is 0.490. The van der Waals surface area contributed by atoms with Gasteiger partial charge in [-0.1, -0.05) is 0 Å². The Labute approximate surface area is 124 Å². The molecule has 7 heteroatoms. The summed E-state index contributed by atoms with van der Waals surface area (Å²) in [5.74, 6) is 0.554. The van der Waals surface area contributed by atoms with Gasteiger partial charge >= 0.3 is 0 Å². The number of hydrogen-bond donors (Lipinski definition) is 1. The first kappa shape index (κ1) is 14.3. The highest BCUT2D eigenvalue weighted by Gasteiger charge is 2.11. The van der Waals surface area contributed by atoms with Crippen molar-refractivity contribution >= 4 is 27.3 Å². The maximum atomic E-state index is 10.8. The standard InChI is InChI=1S/C13H12BrN3O3/c1-20-13-3-2-11(17(18)19)5-12(13)16-7-9-4-10(14)8-15-6-9/h2-6,8,16H,7H2,1H3. The van der Waals surface area contributed by atoms with E-state index in [4.69, 9.17) is 4.74 Å². The van der Waals surface area contributed by atoms with Gasteiger partial charge in [0, 0.05) is 35.5 Å².